The number of likely N-dealkylation sites (N-methyl/N-ethyl adjacent to an activating group) is 1. The molecule has 0 spiro atoms. The van der Waals surface area contributed by atoms with Crippen molar-refractivity contribution in [3.63, 3.8) is 0 Å². The highest BCUT2D eigenvalue weighted by molar-refractivity contribution is 7.16. The fourth-order valence-corrected chi connectivity index (χ4v) is 5.98. The van der Waals surface area contributed by atoms with E-state index in [1.165, 1.54) is 33.8 Å². The Bertz CT molecular complexity index is 1160. The molecule has 2 atom stereocenters. The minimum Gasteiger partial charge on any atom is -0.493 e. The summed E-state index contributed by atoms with van der Waals surface area (Å²) < 4.78 is 11.0. The van der Waals surface area contributed by atoms with Crippen LogP contribution in [0.25, 0.3) is 0 Å². The second-order valence-electron chi connectivity index (χ2n) is 7.67. The number of benzene rings is 1. The minimum absolute atomic E-state index is 0.0528. The molecular formula is C22H22N3O4S2+. The second kappa shape index (κ2) is 7.99. The molecule has 1 amide bonds. The fourth-order valence-electron chi connectivity index (χ4n) is 3.99. The van der Waals surface area contributed by atoms with Crippen LogP contribution in [-0.4, -0.2) is 32.6 Å². The Balaban J connectivity index is 1.40. The molecule has 9 heteroatoms. The molecule has 1 unspecified atom stereocenters. The standard InChI is InChI=1S/C22H21N3O4S2/c1-25-8-7-13-17(11-25)31-21-18(13)20(26)23-19(24-21)12-5-6-14(15(10-12)28-2)29-22(27)16-4-3-9-30-16/h3-6,9-10,19,24H,7-8,11H2,1-2H3,(H,23,26)/p+1/t19-/m1/s1. The van der Waals surface area contributed by atoms with Gasteiger partial charge in [0.25, 0.3) is 5.91 Å². The van der Waals surface area contributed by atoms with Gasteiger partial charge in [0.2, 0.25) is 0 Å². The molecular weight excluding hydrogens is 434 g/mol. The van der Waals surface area contributed by atoms with Gasteiger partial charge < -0.3 is 25.0 Å². The molecule has 4 heterocycles. The molecule has 7 nitrogen and oxygen atoms in total. The molecule has 3 aromatic rings. The highest BCUT2D eigenvalue weighted by atomic mass is 32.1. The molecule has 31 heavy (non-hydrogen) atoms. The summed E-state index contributed by atoms with van der Waals surface area (Å²) in [6.07, 6.45) is 0.534. The van der Waals surface area contributed by atoms with E-state index in [0.717, 1.165) is 35.6 Å². The van der Waals surface area contributed by atoms with Crippen molar-refractivity contribution in [1.29, 1.82) is 0 Å². The zero-order chi connectivity index (χ0) is 21.5. The molecule has 5 rings (SSSR count). The van der Waals surface area contributed by atoms with Gasteiger partial charge in [-0.1, -0.05) is 12.1 Å². The van der Waals surface area contributed by atoms with Crippen LogP contribution in [0, 0.1) is 0 Å². The molecule has 0 saturated heterocycles. The number of methoxy groups -OCH3 is 1. The van der Waals surface area contributed by atoms with Crippen LogP contribution in [0.4, 0.5) is 5.00 Å². The SMILES string of the molecule is COc1cc([C@@H]2NC(=O)c3c(sc4c3CC[NH+](C)C4)N2)ccc1OC(=O)c1cccs1. The molecule has 0 radical (unpaired) electrons. The first-order chi connectivity index (χ1) is 15.0. The van der Waals surface area contributed by atoms with Crippen LogP contribution >= 0.6 is 22.7 Å². The number of ether oxygens (including phenoxy) is 2. The summed E-state index contributed by atoms with van der Waals surface area (Å²) in [5.74, 6) is 0.291. The molecule has 0 aliphatic carbocycles. The van der Waals surface area contributed by atoms with E-state index >= 15 is 0 Å². The molecule has 2 aliphatic rings. The summed E-state index contributed by atoms with van der Waals surface area (Å²) in [6.45, 7) is 1.99. The highest BCUT2D eigenvalue weighted by Crippen LogP contribution is 2.40. The molecule has 3 N–H and O–H groups in total. The molecule has 160 valence electrons. The van der Waals surface area contributed by atoms with Gasteiger partial charge >= 0.3 is 5.97 Å². The van der Waals surface area contributed by atoms with Crippen LogP contribution in [0.1, 0.15) is 42.2 Å². The number of fused-ring (bicyclic) bond motifs is 3. The number of nitrogens with one attached hydrogen (secondary N) is 3. The van der Waals surface area contributed by atoms with E-state index in [4.69, 9.17) is 9.47 Å². The van der Waals surface area contributed by atoms with Crippen molar-refractivity contribution in [2.45, 2.75) is 19.1 Å². The zero-order valence-corrected chi connectivity index (χ0v) is 18.7. The fraction of sp³-hybridized carbons (Fsp3) is 0.273. The van der Waals surface area contributed by atoms with Crippen molar-refractivity contribution in [3.8, 4) is 11.5 Å². The quantitative estimate of drug-likeness (QED) is 0.415. The summed E-state index contributed by atoms with van der Waals surface area (Å²) in [7, 11) is 3.70. The number of hydrogen-bond acceptors (Lipinski definition) is 7. The number of carbonyl (C=O) groups is 2. The van der Waals surface area contributed by atoms with Crippen molar-refractivity contribution in [2.75, 3.05) is 26.0 Å². The summed E-state index contributed by atoms with van der Waals surface area (Å²) in [4.78, 5) is 28.5. The molecule has 0 fully saturated rings. The van der Waals surface area contributed by atoms with Gasteiger partial charge in [-0.15, -0.1) is 22.7 Å². The summed E-state index contributed by atoms with van der Waals surface area (Å²) >= 11 is 2.99. The number of carbonyl (C=O) groups excluding carboxylic acids is 2. The summed E-state index contributed by atoms with van der Waals surface area (Å²) in [6, 6.07) is 8.82. The van der Waals surface area contributed by atoms with Gasteiger partial charge in [0.05, 0.1) is 31.1 Å². The van der Waals surface area contributed by atoms with Crippen LogP contribution in [-0.2, 0) is 13.0 Å². The third-order valence-corrected chi connectivity index (χ3v) is 7.59. The van der Waals surface area contributed by atoms with Crippen LogP contribution in [0.5, 0.6) is 11.5 Å². The summed E-state index contributed by atoms with van der Waals surface area (Å²) in [5.41, 5.74) is 2.79. The predicted octanol–water partition coefficient (Wildman–Crippen LogP) is 2.46. The van der Waals surface area contributed by atoms with E-state index in [1.54, 1.807) is 35.6 Å². The summed E-state index contributed by atoms with van der Waals surface area (Å²) in [5, 5.41) is 9.26. The molecule has 0 saturated carbocycles. The Kier molecular flexibility index (Phi) is 5.17. The highest BCUT2D eigenvalue weighted by Gasteiger charge is 2.34. The lowest BCUT2D eigenvalue weighted by molar-refractivity contribution is -0.895. The maximum atomic E-state index is 12.9. The smallest absolute Gasteiger partial charge is 0.353 e. The maximum absolute atomic E-state index is 12.9. The van der Waals surface area contributed by atoms with Gasteiger partial charge in [0, 0.05) is 6.42 Å². The van der Waals surface area contributed by atoms with Gasteiger partial charge in [0.1, 0.15) is 22.6 Å². The van der Waals surface area contributed by atoms with Gasteiger partial charge in [-0.25, -0.2) is 4.79 Å². The van der Waals surface area contributed by atoms with Crippen molar-refractivity contribution in [1.82, 2.24) is 5.32 Å². The first kappa shape index (κ1) is 20.0. The van der Waals surface area contributed by atoms with E-state index < -0.39 is 5.97 Å². The van der Waals surface area contributed by atoms with Gasteiger partial charge in [0.15, 0.2) is 11.5 Å². The number of amides is 1. The lowest BCUT2D eigenvalue weighted by Gasteiger charge is -2.27. The Hall–Kier alpha value is -2.88. The van der Waals surface area contributed by atoms with Crippen LogP contribution in [0.2, 0.25) is 0 Å². The normalized spacial score (nSPS) is 19.6. The monoisotopic (exact) mass is 456 g/mol. The van der Waals surface area contributed by atoms with Crippen molar-refractivity contribution >= 4 is 39.6 Å². The third-order valence-electron chi connectivity index (χ3n) is 5.58. The van der Waals surface area contributed by atoms with Crippen LogP contribution < -0.4 is 25.0 Å². The molecule has 2 aromatic heterocycles. The second-order valence-corrected chi connectivity index (χ2v) is 9.72. The lowest BCUT2D eigenvalue weighted by atomic mass is 10.0. The van der Waals surface area contributed by atoms with E-state index in [0.29, 0.717) is 16.4 Å². The number of anilines is 1. The topological polar surface area (TPSA) is 81.1 Å². The Morgan fingerprint density at radius 3 is 2.87 bits per heavy atom. The van der Waals surface area contributed by atoms with E-state index in [2.05, 4.69) is 17.7 Å². The van der Waals surface area contributed by atoms with Crippen LogP contribution in [0.3, 0.4) is 0 Å². The van der Waals surface area contributed by atoms with Crippen molar-refractivity contribution < 1.29 is 24.0 Å². The average molecular weight is 457 g/mol. The number of quaternary nitrogens is 1. The lowest BCUT2D eigenvalue weighted by Crippen LogP contribution is -3.08. The zero-order valence-electron chi connectivity index (χ0n) is 17.1. The number of esters is 1. The molecule has 2 aliphatic heterocycles. The van der Waals surface area contributed by atoms with Crippen LogP contribution in [0.15, 0.2) is 35.7 Å². The third kappa shape index (κ3) is 3.69. The Labute approximate surface area is 187 Å². The molecule has 0 bridgehead atoms. The number of thiophene rings is 2. The van der Waals surface area contributed by atoms with E-state index in [-0.39, 0.29) is 12.1 Å². The Morgan fingerprint density at radius 1 is 1.23 bits per heavy atom. The number of hydrogen-bond donors (Lipinski definition) is 3. The maximum Gasteiger partial charge on any atom is 0.353 e. The molecule has 1 aromatic carbocycles. The van der Waals surface area contributed by atoms with Gasteiger partial charge in [-0.05, 0) is 34.7 Å². The first-order valence-corrected chi connectivity index (χ1v) is 11.7. The van der Waals surface area contributed by atoms with Crippen molar-refractivity contribution in [3.05, 3.63) is 62.2 Å². The largest absolute Gasteiger partial charge is 0.493 e. The van der Waals surface area contributed by atoms with E-state index in [9.17, 15) is 9.59 Å². The average Bonchev–Trinajstić information content (AvgIpc) is 3.41. The van der Waals surface area contributed by atoms with E-state index in [1.807, 2.05) is 11.4 Å². The Morgan fingerprint density at radius 2 is 2.10 bits per heavy atom. The van der Waals surface area contributed by atoms with Gasteiger partial charge in [-0.3, -0.25) is 4.79 Å². The van der Waals surface area contributed by atoms with Crippen molar-refractivity contribution in [2.24, 2.45) is 0 Å². The first-order valence-electron chi connectivity index (χ1n) is 10.0. The number of rotatable bonds is 4. The minimum atomic E-state index is -0.425. The van der Waals surface area contributed by atoms with Gasteiger partial charge in [-0.2, -0.15) is 0 Å². The predicted molar refractivity (Wildman–Crippen MR) is 120 cm³/mol.